The lowest BCUT2D eigenvalue weighted by atomic mass is 10.0. The SMILES string of the molecule is CCCCCCCCCCCCCCCOc1cc(N)cc(OCCCCCCCCCCCCCCC)c1. The highest BCUT2D eigenvalue weighted by Gasteiger charge is 2.03. The van der Waals surface area contributed by atoms with Crippen LogP contribution in [0.15, 0.2) is 18.2 Å². The highest BCUT2D eigenvalue weighted by Crippen LogP contribution is 2.25. The molecule has 0 unspecified atom stereocenters. The van der Waals surface area contributed by atoms with Crippen molar-refractivity contribution in [2.75, 3.05) is 18.9 Å². The molecule has 0 radical (unpaired) electrons. The number of rotatable bonds is 30. The third kappa shape index (κ3) is 24.2. The summed E-state index contributed by atoms with van der Waals surface area (Å²) < 4.78 is 12.0. The molecule has 0 aliphatic heterocycles. The van der Waals surface area contributed by atoms with E-state index in [1.165, 1.54) is 154 Å². The first-order valence-electron chi connectivity index (χ1n) is 17.4. The Kier molecular flexibility index (Phi) is 25.7. The maximum absolute atomic E-state index is 6.10. The van der Waals surface area contributed by atoms with Crippen LogP contribution in [0.4, 0.5) is 5.69 Å². The van der Waals surface area contributed by atoms with E-state index >= 15 is 0 Å². The fourth-order valence-electron chi connectivity index (χ4n) is 5.38. The first kappa shape index (κ1) is 35.6. The Hall–Kier alpha value is -1.38. The van der Waals surface area contributed by atoms with E-state index in [-0.39, 0.29) is 0 Å². The van der Waals surface area contributed by atoms with Crippen molar-refractivity contribution in [3.63, 3.8) is 0 Å². The lowest BCUT2D eigenvalue weighted by Crippen LogP contribution is -2.01. The van der Waals surface area contributed by atoms with E-state index in [0.717, 1.165) is 43.2 Å². The molecule has 0 fully saturated rings. The number of nitrogen functional groups attached to an aromatic ring is 1. The predicted octanol–water partition coefficient (Wildman–Crippen LogP) is 12.2. The van der Waals surface area contributed by atoms with Crippen LogP contribution < -0.4 is 15.2 Å². The molecule has 1 aromatic carbocycles. The molecule has 0 bridgehead atoms. The van der Waals surface area contributed by atoms with Crippen LogP contribution in [0.25, 0.3) is 0 Å². The second-order valence-electron chi connectivity index (χ2n) is 11.9. The van der Waals surface area contributed by atoms with Crippen molar-refractivity contribution in [1.82, 2.24) is 0 Å². The molecule has 0 aromatic heterocycles. The molecule has 0 atom stereocenters. The van der Waals surface area contributed by atoms with Crippen LogP contribution in [0.5, 0.6) is 11.5 Å². The number of benzene rings is 1. The van der Waals surface area contributed by atoms with Gasteiger partial charge in [-0.05, 0) is 12.8 Å². The molecule has 228 valence electrons. The van der Waals surface area contributed by atoms with Gasteiger partial charge in [0.25, 0.3) is 0 Å². The minimum absolute atomic E-state index is 0.721. The van der Waals surface area contributed by atoms with Crippen molar-refractivity contribution in [3.05, 3.63) is 18.2 Å². The normalized spacial score (nSPS) is 11.2. The molecule has 0 aliphatic rings. The molecular formula is C36H67NO2. The molecule has 0 heterocycles. The largest absolute Gasteiger partial charge is 0.493 e. The van der Waals surface area contributed by atoms with E-state index in [2.05, 4.69) is 13.8 Å². The Morgan fingerprint density at radius 1 is 0.385 bits per heavy atom. The zero-order chi connectivity index (χ0) is 28.1. The predicted molar refractivity (Wildman–Crippen MR) is 173 cm³/mol. The van der Waals surface area contributed by atoms with Crippen molar-refractivity contribution in [2.45, 2.75) is 181 Å². The fourth-order valence-corrected chi connectivity index (χ4v) is 5.38. The van der Waals surface area contributed by atoms with Gasteiger partial charge in [0.1, 0.15) is 11.5 Å². The molecule has 1 rings (SSSR count). The molecule has 0 spiro atoms. The van der Waals surface area contributed by atoms with Crippen molar-refractivity contribution in [3.8, 4) is 11.5 Å². The number of anilines is 1. The van der Waals surface area contributed by atoms with Gasteiger partial charge in [0, 0.05) is 23.9 Å². The summed E-state index contributed by atoms with van der Waals surface area (Å²) in [6.45, 7) is 6.10. The Balaban J connectivity index is 1.95. The van der Waals surface area contributed by atoms with E-state index in [4.69, 9.17) is 15.2 Å². The van der Waals surface area contributed by atoms with Crippen molar-refractivity contribution in [1.29, 1.82) is 0 Å². The fraction of sp³-hybridized carbons (Fsp3) is 0.833. The summed E-state index contributed by atoms with van der Waals surface area (Å²) in [5, 5.41) is 0. The van der Waals surface area contributed by atoms with Gasteiger partial charge >= 0.3 is 0 Å². The Morgan fingerprint density at radius 3 is 0.923 bits per heavy atom. The summed E-state index contributed by atoms with van der Waals surface area (Å²) in [4.78, 5) is 0. The highest BCUT2D eigenvalue weighted by atomic mass is 16.5. The number of hydrogen-bond donors (Lipinski definition) is 1. The van der Waals surface area contributed by atoms with Gasteiger partial charge in [-0.3, -0.25) is 0 Å². The van der Waals surface area contributed by atoms with Gasteiger partial charge in [-0.25, -0.2) is 0 Å². The maximum Gasteiger partial charge on any atom is 0.125 e. The monoisotopic (exact) mass is 546 g/mol. The third-order valence-corrected chi connectivity index (χ3v) is 7.94. The van der Waals surface area contributed by atoms with Crippen LogP contribution in [0.3, 0.4) is 0 Å². The van der Waals surface area contributed by atoms with E-state index in [1.54, 1.807) is 0 Å². The third-order valence-electron chi connectivity index (χ3n) is 7.94. The average molecular weight is 546 g/mol. The summed E-state index contributed by atoms with van der Waals surface area (Å²) in [5.41, 5.74) is 6.82. The first-order chi connectivity index (χ1) is 19.3. The van der Waals surface area contributed by atoms with E-state index < -0.39 is 0 Å². The topological polar surface area (TPSA) is 44.5 Å². The van der Waals surface area contributed by atoms with Crippen molar-refractivity contribution in [2.24, 2.45) is 0 Å². The van der Waals surface area contributed by atoms with Gasteiger partial charge in [0.15, 0.2) is 0 Å². The molecule has 39 heavy (non-hydrogen) atoms. The van der Waals surface area contributed by atoms with Gasteiger partial charge < -0.3 is 15.2 Å². The van der Waals surface area contributed by atoms with E-state index in [9.17, 15) is 0 Å². The van der Waals surface area contributed by atoms with Gasteiger partial charge in [-0.2, -0.15) is 0 Å². The molecule has 0 saturated heterocycles. The number of nitrogens with two attached hydrogens (primary N) is 1. The summed E-state index contributed by atoms with van der Waals surface area (Å²) in [5.74, 6) is 1.68. The summed E-state index contributed by atoms with van der Waals surface area (Å²) in [6.07, 6.45) is 35.6. The summed E-state index contributed by atoms with van der Waals surface area (Å²) >= 11 is 0. The molecule has 0 saturated carbocycles. The summed E-state index contributed by atoms with van der Waals surface area (Å²) in [7, 11) is 0. The van der Waals surface area contributed by atoms with Crippen LogP contribution in [0, 0.1) is 0 Å². The van der Waals surface area contributed by atoms with Gasteiger partial charge in [-0.1, -0.05) is 168 Å². The molecule has 2 N–H and O–H groups in total. The zero-order valence-electron chi connectivity index (χ0n) is 26.4. The van der Waals surface area contributed by atoms with Crippen LogP contribution in [-0.2, 0) is 0 Å². The van der Waals surface area contributed by atoms with Crippen LogP contribution in [-0.4, -0.2) is 13.2 Å². The molecule has 1 aromatic rings. The maximum atomic E-state index is 6.10. The Bertz CT molecular complexity index is 582. The van der Waals surface area contributed by atoms with E-state index in [1.807, 2.05) is 18.2 Å². The van der Waals surface area contributed by atoms with Crippen LogP contribution in [0.1, 0.15) is 181 Å². The minimum atomic E-state index is 0.721. The molecule has 3 heteroatoms. The number of unbranched alkanes of at least 4 members (excludes halogenated alkanes) is 24. The lowest BCUT2D eigenvalue weighted by Gasteiger charge is -2.11. The lowest BCUT2D eigenvalue weighted by molar-refractivity contribution is 0.290. The van der Waals surface area contributed by atoms with Crippen LogP contribution >= 0.6 is 0 Å². The van der Waals surface area contributed by atoms with Gasteiger partial charge in [-0.15, -0.1) is 0 Å². The Labute approximate surface area is 244 Å². The molecule has 3 nitrogen and oxygen atoms in total. The average Bonchev–Trinajstić information content (AvgIpc) is 2.93. The minimum Gasteiger partial charge on any atom is -0.493 e. The second kappa shape index (κ2) is 28.2. The molecular weight excluding hydrogens is 478 g/mol. The van der Waals surface area contributed by atoms with Gasteiger partial charge in [0.2, 0.25) is 0 Å². The first-order valence-corrected chi connectivity index (χ1v) is 17.4. The smallest absolute Gasteiger partial charge is 0.125 e. The Morgan fingerprint density at radius 2 is 0.641 bits per heavy atom. The second-order valence-corrected chi connectivity index (χ2v) is 11.9. The molecule has 0 amide bonds. The van der Waals surface area contributed by atoms with Crippen molar-refractivity contribution < 1.29 is 9.47 Å². The number of hydrogen-bond acceptors (Lipinski definition) is 3. The number of ether oxygens (including phenoxy) is 2. The molecule has 0 aliphatic carbocycles. The van der Waals surface area contributed by atoms with Crippen LogP contribution in [0.2, 0.25) is 0 Å². The summed E-state index contributed by atoms with van der Waals surface area (Å²) in [6, 6.07) is 5.83. The van der Waals surface area contributed by atoms with E-state index in [0.29, 0.717) is 0 Å². The zero-order valence-corrected chi connectivity index (χ0v) is 26.4. The standard InChI is InChI=1S/C36H67NO2/c1-3-5-7-9-11-13-15-17-19-21-23-25-27-29-38-35-31-34(37)32-36(33-35)39-30-28-26-24-22-20-18-16-14-12-10-8-6-4-2/h31-33H,3-30,37H2,1-2H3. The highest BCUT2D eigenvalue weighted by molar-refractivity contribution is 5.50. The van der Waals surface area contributed by atoms with Gasteiger partial charge in [0.05, 0.1) is 13.2 Å². The van der Waals surface area contributed by atoms with Crippen molar-refractivity contribution >= 4 is 5.69 Å². The quantitative estimate of drug-likeness (QED) is 0.0772.